The molecule has 0 fully saturated rings. The van der Waals surface area contributed by atoms with Crippen LogP contribution in [0.15, 0.2) is 41.3 Å². The monoisotopic (exact) mass is 377 g/mol. The number of β-amino-alcohol motifs (C(OH)–C–C–N with tert-alkyl or cyclic N) is 1. The predicted octanol–water partition coefficient (Wildman–Crippen LogP) is 2.81. The standard InChI is InChI=1S/C19H23NO5S/c1-12-5-7-14(8-6-12)26(22,23)20-11-15(21)19-17(25-4)10-9-16(24-3)18(19)13(20)2/h5-10,13,15,21H,11H2,1-4H3. The molecule has 0 amide bonds. The zero-order valence-corrected chi connectivity index (χ0v) is 16.1. The lowest BCUT2D eigenvalue weighted by molar-refractivity contribution is 0.113. The number of aryl methyl sites for hydroxylation is 1. The highest BCUT2D eigenvalue weighted by molar-refractivity contribution is 7.89. The second-order valence-electron chi connectivity index (χ2n) is 6.38. The Hall–Kier alpha value is -2.09. The smallest absolute Gasteiger partial charge is 0.243 e. The molecule has 26 heavy (non-hydrogen) atoms. The van der Waals surface area contributed by atoms with Gasteiger partial charge in [0.2, 0.25) is 10.0 Å². The molecule has 2 aromatic carbocycles. The van der Waals surface area contributed by atoms with Gasteiger partial charge in [0, 0.05) is 17.7 Å². The molecular weight excluding hydrogens is 354 g/mol. The number of benzene rings is 2. The normalized spacial score (nSPS) is 20.5. The van der Waals surface area contributed by atoms with Gasteiger partial charge in [0.15, 0.2) is 0 Å². The molecule has 6 nitrogen and oxygen atoms in total. The third kappa shape index (κ3) is 2.96. The Morgan fingerprint density at radius 2 is 1.54 bits per heavy atom. The maximum Gasteiger partial charge on any atom is 0.243 e. The summed E-state index contributed by atoms with van der Waals surface area (Å²) in [6.45, 7) is 3.64. The van der Waals surface area contributed by atoms with Crippen molar-refractivity contribution < 1.29 is 23.0 Å². The number of sulfonamides is 1. The summed E-state index contributed by atoms with van der Waals surface area (Å²) in [5, 5.41) is 10.7. The zero-order chi connectivity index (χ0) is 19.1. The van der Waals surface area contributed by atoms with Crippen LogP contribution in [0.3, 0.4) is 0 Å². The molecule has 2 atom stereocenters. The number of methoxy groups -OCH3 is 2. The molecule has 0 bridgehead atoms. The fourth-order valence-corrected chi connectivity index (χ4v) is 5.05. The highest BCUT2D eigenvalue weighted by Gasteiger charge is 2.40. The number of fused-ring (bicyclic) bond motifs is 1. The van der Waals surface area contributed by atoms with Crippen molar-refractivity contribution in [2.24, 2.45) is 0 Å². The third-order valence-corrected chi connectivity index (χ3v) is 6.76. The molecule has 1 aliphatic rings. The average Bonchev–Trinajstić information content (AvgIpc) is 2.63. The number of ether oxygens (including phenoxy) is 2. The Bertz CT molecular complexity index is 908. The van der Waals surface area contributed by atoms with E-state index in [1.807, 2.05) is 6.92 Å². The van der Waals surface area contributed by atoms with Crippen molar-refractivity contribution in [1.29, 1.82) is 0 Å². The lowest BCUT2D eigenvalue weighted by atomic mass is 9.91. The number of hydrogen-bond acceptors (Lipinski definition) is 5. The van der Waals surface area contributed by atoms with Crippen LogP contribution in [0, 0.1) is 6.92 Å². The Morgan fingerprint density at radius 1 is 1.00 bits per heavy atom. The van der Waals surface area contributed by atoms with Gasteiger partial charge in [0.25, 0.3) is 0 Å². The lowest BCUT2D eigenvalue weighted by Gasteiger charge is -2.38. The van der Waals surface area contributed by atoms with E-state index in [0.717, 1.165) is 5.56 Å². The summed E-state index contributed by atoms with van der Waals surface area (Å²) < 4.78 is 38.4. The molecule has 1 aliphatic heterocycles. The number of hydrogen-bond donors (Lipinski definition) is 1. The van der Waals surface area contributed by atoms with Crippen molar-refractivity contribution in [2.45, 2.75) is 30.9 Å². The van der Waals surface area contributed by atoms with E-state index in [2.05, 4.69) is 0 Å². The molecule has 0 radical (unpaired) electrons. The van der Waals surface area contributed by atoms with Gasteiger partial charge in [-0.1, -0.05) is 17.7 Å². The SMILES string of the molecule is COc1ccc(OC)c2c1C(O)CN(S(=O)(=O)c1ccc(C)cc1)C2C. The molecule has 0 saturated heterocycles. The molecule has 7 heteroatoms. The number of nitrogens with zero attached hydrogens (tertiary/aromatic N) is 1. The first-order chi connectivity index (χ1) is 12.3. The van der Waals surface area contributed by atoms with Gasteiger partial charge in [-0.05, 0) is 38.1 Å². The van der Waals surface area contributed by atoms with Gasteiger partial charge in [0.1, 0.15) is 11.5 Å². The first-order valence-corrected chi connectivity index (χ1v) is 9.76. The van der Waals surface area contributed by atoms with Crippen LogP contribution >= 0.6 is 0 Å². The Kier molecular flexibility index (Phi) is 4.96. The Labute approximate surface area is 154 Å². The fraction of sp³-hybridized carbons (Fsp3) is 0.368. The summed E-state index contributed by atoms with van der Waals surface area (Å²) in [5.74, 6) is 1.05. The van der Waals surface area contributed by atoms with Gasteiger partial charge in [0.05, 0.1) is 31.3 Å². The lowest BCUT2D eigenvalue weighted by Crippen LogP contribution is -2.41. The van der Waals surface area contributed by atoms with Gasteiger partial charge < -0.3 is 14.6 Å². The van der Waals surface area contributed by atoms with Gasteiger partial charge in [-0.3, -0.25) is 0 Å². The summed E-state index contributed by atoms with van der Waals surface area (Å²) in [5.41, 5.74) is 2.18. The maximum atomic E-state index is 13.2. The molecule has 1 heterocycles. The van der Waals surface area contributed by atoms with E-state index >= 15 is 0 Å². The molecule has 3 rings (SSSR count). The molecule has 0 aromatic heterocycles. The molecule has 140 valence electrons. The van der Waals surface area contributed by atoms with Crippen molar-refractivity contribution in [3.63, 3.8) is 0 Å². The Morgan fingerprint density at radius 3 is 2.08 bits per heavy atom. The van der Waals surface area contributed by atoms with Gasteiger partial charge in [-0.2, -0.15) is 4.31 Å². The highest BCUT2D eigenvalue weighted by Crippen LogP contribution is 2.46. The predicted molar refractivity (Wildman–Crippen MR) is 98.0 cm³/mol. The molecule has 2 unspecified atom stereocenters. The Balaban J connectivity index is 2.13. The van der Waals surface area contributed by atoms with Gasteiger partial charge >= 0.3 is 0 Å². The topological polar surface area (TPSA) is 76.1 Å². The second kappa shape index (κ2) is 6.90. The van der Waals surface area contributed by atoms with Crippen LogP contribution < -0.4 is 9.47 Å². The van der Waals surface area contributed by atoms with E-state index in [4.69, 9.17) is 9.47 Å². The van der Waals surface area contributed by atoms with Crippen LogP contribution in [-0.2, 0) is 10.0 Å². The summed E-state index contributed by atoms with van der Waals surface area (Å²) in [6.07, 6.45) is -1.01. The fourth-order valence-electron chi connectivity index (χ4n) is 3.44. The molecule has 0 saturated carbocycles. The van der Waals surface area contributed by atoms with Crippen LogP contribution in [0.2, 0.25) is 0 Å². The van der Waals surface area contributed by atoms with E-state index in [-0.39, 0.29) is 11.4 Å². The maximum absolute atomic E-state index is 13.2. The number of aliphatic hydroxyl groups excluding tert-OH is 1. The number of rotatable bonds is 4. The minimum Gasteiger partial charge on any atom is -0.496 e. The van der Waals surface area contributed by atoms with E-state index in [9.17, 15) is 13.5 Å². The molecule has 0 aliphatic carbocycles. The van der Waals surface area contributed by atoms with Gasteiger partial charge in [-0.25, -0.2) is 8.42 Å². The van der Waals surface area contributed by atoms with Crippen molar-refractivity contribution in [2.75, 3.05) is 20.8 Å². The van der Waals surface area contributed by atoms with Crippen LogP contribution in [0.4, 0.5) is 0 Å². The van der Waals surface area contributed by atoms with E-state index in [1.165, 1.54) is 18.5 Å². The van der Waals surface area contributed by atoms with Crippen molar-refractivity contribution in [1.82, 2.24) is 4.31 Å². The van der Waals surface area contributed by atoms with Crippen LogP contribution in [-0.4, -0.2) is 38.6 Å². The van der Waals surface area contributed by atoms with E-state index in [0.29, 0.717) is 22.6 Å². The minimum absolute atomic E-state index is 0.0477. The first-order valence-electron chi connectivity index (χ1n) is 8.32. The molecule has 1 N–H and O–H groups in total. The van der Waals surface area contributed by atoms with Crippen molar-refractivity contribution in [3.05, 3.63) is 53.1 Å². The minimum atomic E-state index is -3.77. The first kappa shape index (κ1) is 18.7. The molecule has 2 aromatic rings. The van der Waals surface area contributed by atoms with E-state index in [1.54, 1.807) is 43.3 Å². The highest BCUT2D eigenvalue weighted by atomic mass is 32.2. The van der Waals surface area contributed by atoms with Crippen molar-refractivity contribution >= 4 is 10.0 Å². The average molecular weight is 377 g/mol. The molecular formula is C19H23NO5S. The largest absolute Gasteiger partial charge is 0.496 e. The quantitative estimate of drug-likeness (QED) is 0.887. The number of aliphatic hydroxyl groups is 1. The van der Waals surface area contributed by atoms with Crippen LogP contribution in [0.5, 0.6) is 11.5 Å². The van der Waals surface area contributed by atoms with Crippen LogP contribution in [0.25, 0.3) is 0 Å². The zero-order valence-electron chi connectivity index (χ0n) is 15.3. The van der Waals surface area contributed by atoms with Crippen molar-refractivity contribution in [3.8, 4) is 11.5 Å². The van der Waals surface area contributed by atoms with Crippen LogP contribution in [0.1, 0.15) is 35.8 Å². The van der Waals surface area contributed by atoms with Gasteiger partial charge in [-0.15, -0.1) is 0 Å². The summed E-state index contributed by atoms with van der Waals surface area (Å²) in [7, 11) is -0.726. The summed E-state index contributed by atoms with van der Waals surface area (Å²) in [6, 6.07) is 9.63. The second-order valence-corrected chi connectivity index (χ2v) is 8.27. The third-order valence-electron chi connectivity index (χ3n) is 4.81. The summed E-state index contributed by atoms with van der Waals surface area (Å²) in [4.78, 5) is 0.201. The van der Waals surface area contributed by atoms with E-state index < -0.39 is 22.2 Å². The summed E-state index contributed by atoms with van der Waals surface area (Å²) >= 11 is 0. The molecule has 0 spiro atoms.